The van der Waals surface area contributed by atoms with Crippen molar-refractivity contribution in [1.29, 1.82) is 0 Å². The van der Waals surface area contributed by atoms with Gasteiger partial charge in [0, 0.05) is 19.0 Å². The molecule has 1 N–H and O–H groups in total. The molecule has 0 radical (unpaired) electrons. The first-order valence-corrected chi connectivity index (χ1v) is 10.6. The van der Waals surface area contributed by atoms with Crippen LogP contribution >= 0.6 is 11.6 Å². The van der Waals surface area contributed by atoms with Gasteiger partial charge in [0.25, 0.3) is 0 Å². The van der Waals surface area contributed by atoms with Gasteiger partial charge in [0.15, 0.2) is 0 Å². The molecular weight excluding hydrogens is 399 g/mol. The molecule has 2 spiro atoms. The molecule has 0 aromatic heterocycles. The molecule has 2 heterocycles. The van der Waals surface area contributed by atoms with E-state index in [0.717, 1.165) is 38.8 Å². The SMILES string of the molecule is O=C1N[C@]2(CO1)C[C@@H](C(=O)N1CCC3(CC1)CC(Oc1ccc(F)cc1Cl)C3)C2. The van der Waals surface area contributed by atoms with Gasteiger partial charge in [-0.3, -0.25) is 4.79 Å². The third-order valence-electron chi connectivity index (χ3n) is 7.12. The normalized spacial score (nSPS) is 25.3. The van der Waals surface area contributed by atoms with Crippen molar-refractivity contribution in [2.45, 2.75) is 50.2 Å². The number of amides is 2. The minimum atomic E-state index is -0.375. The monoisotopic (exact) mass is 422 g/mol. The second-order valence-electron chi connectivity index (χ2n) is 9.13. The first-order chi connectivity index (χ1) is 13.9. The number of benzene rings is 1. The molecule has 0 bridgehead atoms. The van der Waals surface area contributed by atoms with Crippen LogP contribution < -0.4 is 10.1 Å². The van der Waals surface area contributed by atoms with E-state index in [-0.39, 0.29) is 40.8 Å². The molecule has 0 unspecified atom stereocenters. The van der Waals surface area contributed by atoms with Gasteiger partial charge in [-0.2, -0.15) is 0 Å². The fourth-order valence-electron chi connectivity index (χ4n) is 5.38. The summed E-state index contributed by atoms with van der Waals surface area (Å²) in [7, 11) is 0. The fourth-order valence-corrected chi connectivity index (χ4v) is 5.59. The largest absolute Gasteiger partial charge is 0.489 e. The highest BCUT2D eigenvalue weighted by molar-refractivity contribution is 6.32. The first kappa shape index (κ1) is 19.0. The summed E-state index contributed by atoms with van der Waals surface area (Å²) in [5.74, 6) is 0.355. The average molecular weight is 423 g/mol. The van der Waals surface area contributed by atoms with Gasteiger partial charge < -0.3 is 19.7 Å². The number of nitrogens with zero attached hydrogens (tertiary/aromatic N) is 1. The van der Waals surface area contributed by atoms with E-state index in [1.807, 2.05) is 4.90 Å². The van der Waals surface area contributed by atoms with Crippen LogP contribution in [-0.2, 0) is 9.53 Å². The molecular formula is C21H24ClFN2O4. The van der Waals surface area contributed by atoms with E-state index in [4.69, 9.17) is 21.1 Å². The Morgan fingerprint density at radius 1 is 1.24 bits per heavy atom. The highest BCUT2D eigenvalue weighted by Crippen LogP contribution is 2.51. The lowest BCUT2D eigenvalue weighted by Gasteiger charge is -2.52. The van der Waals surface area contributed by atoms with Crippen molar-refractivity contribution in [3.05, 3.63) is 29.0 Å². The van der Waals surface area contributed by atoms with Gasteiger partial charge >= 0.3 is 6.09 Å². The maximum absolute atomic E-state index is 13.2. The third kappa shape index (κ3) is 3.43. The number of rotatable bonds is 3. The second kappa shape index (κ2) is 6.76. The number of hydrogen-bond donors (Lipinski definition) is 1. The van der Waals surface area contributed by atoms with Crippen LogP contribution in [0.25, 0.3) is 0 Å². The van der Waals surface area contributed by atoms with Crippen molar-refractivity contribution in [3.8, 4) is 5.75 Å². The lowest BCUT2D eigenvalue weighted by molar-refractivity contribution is -0.146. The topological polar surface area (TPSA) is 67.9 Å². The fraction of sp³-hybridized carbons (Fsp3) is 0.619. The molecule has 6 nitrogen and oxygen atoms in total. The molecule has 4 aliphatic rings. The number of nitrogens with one attached hydrogen (secondary N) is 1. The Bertz CT molecular complexity index is 841. The van der Waals surface area contributed by atoms with Gasteiger partial charge in [-0.1, -0.05) is 11.6 Å². The standard InChI is InChI=1S/C21H24ClFN2O4/c22-16-7-14(23)1-2-17(16)29-15-10-20(11-15)3-5-25(6-4-20)18(26)13-8-21(9-13)12-28-19(27)24-21/h1-2,7,13,15H,3-6,8-12H2,(H,24,27)/t13-,21-. The van der Waals surface area contributed by atoms with Crippen LogP contribution in [0.2, 0.25) is 5.02 Å². The zero-order chi connectivity index (χ0) is 20.2. The maximum atomic E-state index is 13.2. The molecule has 2 saturated heterocycles. The number of halogens is 2. The highest BCUT2D eigenvalue weighted by atomic mass is 35.5. The lowest BCUT2D eigenvalue weighted by Crippen LogP contribution is -2.59. The molecule has 8 heteroatoms. The number of carbonyl (C=O) groups is 2. The predicted molar refractivity (Wildman–Crippen MR) is 103 cm³/mol. The summed E-state index contributed by atoms with van der Waals surface area (Å²) in [6.07, 6.45) is 4.91. The van der Waals surface area contributed by atoms with Gasteiger partial charge in [0.2, 0.25) is 5.91 Å². The minimum Gasteiger partial charge on any atom is -0.489 e. The molecule has 1 aromatic rings. The molecule has 2 aliphatic heterocycles. The number of alkyl carbamates (subject to hydrolysis) is 1. The van der Waals surface area contributed by atoms with Crippen molar-refractivity contribution in [2.24, 2.45) is 11.3 Å². The number of carbonyl (C=O) groups excluding carboxylic acids is 2. The summed E-state index contributed by atoms with van der Waals surface area (Å²) in [6, 6.07) is 4.20. The van der Waals surface area contributed by atoms with Gasteiger partial charge in [0.1, 0.15) is 18.2 Å². The minimum absolute atomic E-state index is 0.0101. The quantitative estimate of drug-likeness (QED) is 0.809. The Morgan fingerprint density at radius 2 is 1.97 bits per heavy atom. The van der Waals surface area contributed by atoms with Crippen molar-refractivity contribution < 1.29 is 23.5 Å². The average Bonchev–Trinajstić information content (AvgIpc) is 3.03. The Balaban J connectivity index is 1.08. The Labute approximate surface area is 173 Å². The third-order valence-corrected chi connectivity index (χ3v) is 7.41. The van der Waals surface area contributed by atoms with Gasteiger partial charge in [-0.05, 0) is 62.1 Å². The van der Waals surface area contributed by atoms with Crippen molar-refractivity contribution in [2.75, 3.05) is 19.7 Å². The molecule has 2 aliphatic carbocycles. The van der Waals surface area contributed by atoms with E-state index in [9.17, 15) is 14.0 Å². The van der Waals surface area contributed by atoms with E-state index in [1.54, 1.807) is 6.07 Å². The van der Waals surface area contributed by atoms with Crippen LogP contribution in [0.15, 0.2) is 18.2 Å². The Morgan fingerprint density at radius 3 is 2.59 bits per heavy atom. The molecule has 0 atom stereocenters. The van der Waals surface area contributed by atoms with Crippen molar-refractivity contribution >= 4 is 23.6 Å². The van der Waals surface area contributed by atoms with Crippen LogP contribution in [0, 0.1) is 17.2 Å². The molecule has 2 amide bonds. The number of hydrogen-bond acceptors (Lipinski definition) is 4. The van der Waals surface area contributed by atoms with Crippen molar-refractivity contribution in [1.82, 2.24) is 10.2 Å². The zero-order valence-corrected chi connectivity index (χ0v) is 16.8. The summed E-state index contributed by atoms with van der Waals surface area (Å²) >= 11 is 6.05. The number of likely N-dealkylation sites (tertiary alicyclic amines) is 1. The highest BCUT2D eigenvalue weighted by Gasteiger charge is 2.54. The molecule has 2 saturated carbocycles. The van der Waals surface area contributed by atoms with E-state index in [2.05, 4.69) is 5.32 Å². The van der Waals surface area contributed by atoms with Gasteiger partial charge in [0.05, 0.1) is 16.7 Å². The van der Waals surface area contributed by atoms with E-state index in [0.29, 0.717) is 30.2 Å². The van der Waals surface area contributed by atoms with Crippen LogP contribution in [0.5, 0.6) is 5.75 Å². The van der Waals surface area contributed by atoms with E-state index < -0.39 is 0 Å². The maximum Gasteiger partial charge on any atom is 0.407 e. The van der Waals surface area contributed by atoms with Crippen LogP contribution in [0.1, 0.15) is 38.5 Å². The van der Waals surface area contributed by atoms with Gasteiger partial charge in [-0.25, -0.2) is 9.18 Å². The number of cyclic esters (lactones) is 1. The molecule has 156 valence electrons. The predicted octanol–water partition coefficient (Wildman–Crippen LogP) is 3.52. The zero-order valence-electron chi connectivity index (χ0n) is 16.1. The summed E-state index contributed by atoms with van der Waals surface area (Å²) in [5.41, 5.74) is -0.0728. The Kier molecular flexibility index (Phi) is 4.42. The molecule has 1 aromatic carbocycles. The lowest BCUT2D eigenvalue weighted by atomic mass is 9.61. The smallest absolute Gasteiger partial charge is 0.407 e. The van der Waals surface area contributed by atoms with E-state index >= 15 is 0 Å². The van der Waals surface area contributed by atoms with Crippen LogP contribution in [0.3, 0.4) is 0 Å². The molecule has 5 rings (SSSR count). The molecule has 4 fully saturated rings. The summed E-state index contributed by atoms with van der Waals surface area (Å²) < 4.78 is 24.1. The summed E-state index contributed by atoms with van der Waals surface area (Å²) in [5, 5.41) is 3.14. The van der Waals surface area contributed by atoms with E-state index in [1.165, 1.54) is 12.1 Å². The second-order valence-corrected chi connectivity index (χ2v) is 9.54. The summed E-state index contributed by atoms with van der Waals surface area (Å²) in [4.78, 5) is 26.0. The van der Waals surface area contributed by atoms with Crippen LogP contribution in [0.4, 0.5) is 9.18 Å². The number of piperidine rings is 1. The first-order valence-electron chi connectivity index (χ1n) is 10.2. The van der Waals surface area contributed by atoms with Crippen molar-refractivity contribution in [3.63, 3.8) is 0 Å². The Hall–Kier alpha value is -2.02. The number of ether oxygens (including phenoxy) is 2. The van der Waals surface area contributed by atoms with Gasteiger partial charge in [-0.15, -0.1) is 0 Å². The molecule has 29 heavy (non-hydrogen) atoms. The summed E-state index contributed by atoms with van der Waals surface area (Å²) in [6.45, 7) is 1.92. The van der Waals surface area contributed by atoms with Crippen LogP contribution in [-0.4, -0.2) is 48.2 Å².